The number of methoxy groups -OCH3 is 1. The molecular weight excluding hydrogens is 314 g/mol. The van der Waals surface area contributed by atoms with Crippen LogP contribution >= 0.6 is 0 Å². The Morgan fingerprint density at radius 3 is 2.30 bits per heavy atom. The molecule has 0 spiro atoms. The molecule has 6 heteroatoms. The lowest BCUT2D eigenvalue weighted by atomic mass is 10.1. The summed E-state index contributed by atoms with van der Waals surface area (Å²) in [5, 5.41) is -0.823. The number of hydrogen-bond acceptors (Lipinski definition) is 4. The van der Waals surface area contributed by atoms with E-state index in [1.165, 1.54) is 0 Å². The Balaban J connectivity index is 1.98. The molecule has 1 aliphatic rings. The SMILES string of the molecule is COc1ccc(N2C(=O)C[S@@](=O)[C@@H](c3ccccc3)C2=O)cc1. The van der Waals surface area contributed by atoms with E-state index in [0.29, 0.717) is 17.0 Å². The lowest BCUT2D eigenvalue weighted by molar-refractivity contribution is -0.125. The van der Waals surface area contributed by atoms with Gasteiger partial charge in [-0.3, -0.25) is 13.8 Å². The quantitative estimate of drug-likeness (QED) is 0.809. The van der Waals surface area contributed by atoms with Crippen LogP contribution in [0.2, 0.25) is 0 Å². The van der Waals surface area contributed by atoms with E-state index in [1.54, 1.807) is 55.6 Å². The van der Waals surface area contributed by atoms with Crippen molar-refractivity contribution < 1.29 is 18.5 Å². The van der Waals surface area contributed by atoms with Gasteiger partial charge in [0, 0.05) is 10.8 Å². The van der Waals surface area contributed by atoms with Crippen molar-refractivity contribution in [1.29, 1.82) is 0 Å². The Morgan fingerprint density at radius 1 is 1.04 bits per heavy atom. The number of rotatable bonds is 3. The third-order valence-electron chi connectivity index (χ3n) is 3.66. The summed E-state index contributed by atoms with van der Waals surface area (Å²) in [5.41, 5.74) is 1.11. The number of nitrogens with zero attached hydrogens (tertiary/aromatic N) is 1. The Kier molecular flexibility index (Phi) is 4.25. The van der Waals surface area contributed by atoms with E-state index < -0.39 is 27.9 Å². The average Bonchev–Trinajstić information content (AvgIpc) is 2.56. The summed E-state index contributed by atoms with van der Waals surface area (Å²) in [5.74, 6) is -0.451. The summed E-state index contributed by atoms with van der Waals surface area (Å²) < 4.78 is 17.4. The van der Waals surface area contributed by atoms with Crippen molar-refractivity contribution in [2.45, 2.75) is 5.25 Å². The highest BCUT2D eigenvalue weighted by Crippen LogP contribution is 2.31. The molecule has 2 aromatic rings. The van der Waals surface area contributed by atoms with Crippen LogP contribution in [-0.4, -0.2) is 28.9 Å². The van der Waals surface area contributed by atoms with Crippen LogP contribution in [0.4, 0.5) is 5.69 Å². The minimum atomic E-state index is -1.56. The summed E-state index contributed by atoms with van der Waals surface area (Å²) >= 11 is 0. The molecule has 0 bridgehead atoms. The van der Waals surface area contributed by atoms with E-state index >= 15 is 0 Å². The lowest BCUT2D eigenvalue weighted by Crippen LogP contribution is -2.49. The van der Waals surface area contributed by atoms with Crippen molar-refractivity contribution in [1.82, 2.24) is 0 Å². The van der Waals surface area contributed by atoms with Crippen molar-refractivity contribution in [2.24, 2.45) is 0 Å². The van der Waals surface area contributed by atoms with E-state index in [-0.39, 0.29) is 5.75 Å². The van der Waals surface area contributed by atoms with Gasteiger partial charge in [0.1, 0.15) is 16.8 Å². The summed E-state index contributed by atoms with van der Waals surface area (Å²) in [6.45, 7) is 0. The predicted molar refractivity (Wildman–Crippen MR) is 87.7 cm³/mol. The Labute approximate surface area is 136 Å². The standard InChI is InChI=1S/C17H15NO4S/c1-22-14-9-7-13(8-10-14)18-15(19)11-23(21)16(17(18)20)12-5-3-2-4-6-12/h2-10,16H,11H2,1H3/t16-,23+/m0/s1. The van der Waals surface area contributed by atoms with Gasteiger partial charge in [-0.25, -0.2) is 4.90 Å². The monoisotopic (exact) mass is 329 g/mol. The molecule has 1 aliphatic heterocycles. The molecule has 0 saturated carbocycles. The van der Waals surface area contributed by atoms with Crippen LogP contribution in [0.15, 0.2) is 54.6 Å². The van der Waals surface area contributed by atoms with Gasteiger partial charge in [-0.05, 0) is 29.8 Å². The first-order valence-electron chi connectivity index (χ1n) is 7.05. The summed E-state index contributed by atoms with van der Waals surface area (Å²) in [7, 11) is -0.0126. The third kappa shape index (κ3) is 2.90. The van der Waals surface area contributed by atoms with E-state index in [9.17, 15) is 13.8 Å². The number of carbonyl (C=O) groups is 2. The van der Waals surface area contributed by atoms with Gasteiger partial charge in [-0.1, -0.05) is 30.3 Å². The fourth-order valence-electron chi connectivity index (χ4n) is 2.55. The smallest absolute Gasteiger partial charge is 0.254 e. The number of amides is 2. The first-order chi connectivity index (χ1) is 11.1. The number of hydrogen-bond donors (Lipinski definition) is 0. The van der Waals surface area contributed by atoms with Crippen molar-refractivity contribution in [3.8, 4) is 5.75 Å². The maximum Gasteiger partial charge on any atom is 0.254 e. The number of imide groups is 1. The van der Waals surface area contributed by atoms with Gasteiger partial charge in [0.25, 0.3) is 5.91 Å². The van der Waals surface area contributed by atoms with Crippen LogP contribution in [0.3, 0.4) is 0 Å². The Hall–Kier alpha value is -2.47. The molecular formula is C17H15NO4S. The summed E-state index contributed by atoms with van der Waals surface area (Å²) in [4.78, 5) is 26.1. The van der Waals surface area contributed by atoms with Gasteiger partial charge >= 0.3 is 0 Å². The minimum absolute atomic E-state index is 0.169. The zero-order valence-corrected chi connectivity index (χ0v) is 13.3. The molecule has 1 heterocycles. The van der Waals surface area contributed by atoms with Gasteiger partial charge in [0.2, 0.25) is 5.91 Å². The fourth-order valence-corrected chi connectivity index (χ4v) is 3.88. The second kappa shape index (κ2) is 6.34. The normalized spacial score (nSPS) is 21.3. The minimum Gasteiger partial charge on any atom is -0.497 e. The molecule has 2 atom stereocenters. The first kappa shape index (κ1) is 15.4. The van der Waals surface area contributed by atoms with Crippen molar-refractivity contribution in [3.05, 3.63) is 60.2 Å². The third-order valence-corrected chi connectivity index (χ3v) is 5.19. The molecule has 0 unspecified atom stereocenters. The zero-order chi connectivity index (χ0) is 16.4. The largest absolute Gasteiger partial charge is 0.497 e. The summed E-state index contributed by atoms with van der Waals surface area (Å²) in [6.07, 6.45) is 0. The molecule has 23 heavy (non-hydrogen) atoms. The Morgan fingerprint density at radius 2 is 1.70 bits per heavy atom. The zero-order valence-electron chi connectivity index (χ0n) is 12.5. The highest BCUT2D eigenvalue weighted by atomic mass is 32.2. The molecule has 0 aliphatic carbocycles. The van der Waals surface area contributed by atoms with E-state index in [4.69, 9.17) is 4.74 Å². The Bertz CT molecular complexity index is 758. The lowest BCUT2D eigenvalue weighted by Gasteiger charge is -2.30. The van der Waals surface area contributed by atoms with Crippen LogP contribution in [0, 0.1) is 0 Å². The summed E-state index contributed by atoms with van der Waals surface area (Å²) in [6, 6.07) is 15.5. The molecule has 5 nitrogen and oxygen atoms in total. The van der Waals surface area contributed by atoms with Crippen LogP contribution < -0.4 is 9.64 Å². The van der Waals surface area contributed by atoms with Crippen LogP contribution in [0.1, 0.15) is 10.8 Å². The van der Waals surface area contributed by atoms with Crippen molar-refractivity contribution >= 4 is 28.3 Å². The molecule has 0 radical (unpaired) electrons. The van der Waals surface area contributed by atoms with Gasteiger partial charge in [0.15, 0.2) is 0 Å². The van der Waals surface area contributed by atoms with E-state index in [0.717, 1.165) is 4.90 Å². The number of anilines is 1. The predicted octanol–water partition coefficient (Wildman–Crippen LogP) is 2.06. The molecule has 2 aromatic carbocycles. The molecule has 3 rings (SSSR count). The maximum absolute atomic E-state index is 12.8. The maximum atomic E-state index is 12.8. The molecule has 1 fully saturated rings. The molecule has 118 valence electrons. The van der Waals surface area contributed by atoms with Crippen LogP contribution in [-0.2, 0) is 20.4 Å². The molecule has 0 N–H and O–H groups in total. The molecule has 2 amide bonds. The van der Waals surface area contributed by atoms with Crippen molar-refractivity contribution in [3.63, 3.8) is 0 Å². The molecule has 1 saturated heterocycles. The fraction of sp³-hybridized carbons (Fsp3) is 0.176. The van der Waals surface area contributed by atoms with Crippen molar-refractivity contribution in [2.75, 3.05) is 17.8 Å². The second-order valence-electron chi connectivity index (χ2n) is 5.08. The van der Waals surface area contributed by atoms with Gasteiger partial charge in [-0.2, -0.15) is 0 Å². The van der Waals surface area contributed by atoms with Crippen LogP contribution in [0.25, 0.3) is 0 Å². The molecule has 0 aromatic heterocycles. The number of ether oxygens (including phenoxy) is 1. The van der Waals surface area contributed by atoms with Crippen LogP contribution in [0.5, 0.6) is 5.75 Å². The topological polar surface area (TPSA) is 63.7 Å². The highest BCUT2D eigenvalue weighted by molar-refractivity contribution is 7.87. The average molecular weight is 329 g/mol. The second-order valence-corrected chi connectivity index (χ2v) is 6.60. The van der Waals surface area contributed by atoms with E-state index in [1.807, 2.05) is 6.07 Å². The van der Waals surface area contributed by atoms with Gasteiger partial charge in [-0.15, -0.1) is 0 Å². The highest BCUT2D eigenvalue weighted by Gasteiger charge is 2.41. The van der Waals surface area contributed by atoms with E-state index in [2.05, 4.69) is 0 Å². The van der Waals surface area contributed by atoms with Gasteiger partial charge < -0.3 is 4.74 Å². The number of benzene rings is 2. The van der Waals surface area contributed by atoms with Gasteiger partial charge in [0.05, 0.1) is 12.8 Å². The first-order valence-corrected chi connectivity index (χ1v) is 8.43. The number of carbonyl (C=O) groups excluding carboxylic acids is 2.